The smallest absolute Gasteiger partial charge is 0.254 e. The van der Waals surface area contributed by atoms with Gasteiger partial charge in [-0.2, -0.15) is 5.26 Å². The van der Waals surface area contributed by atoms with Gasteiger partial charge in [-0.3, -0.25) is 9.78 Å². The number of nitriles is 1. The Labute approximate surface area is 162 Å². The molecule has 0 radical (unpaired) electrons. The van der Waals surface area contributed by atoms with Gasteiger partial charge in [0.2, 0.25) is 0 Å². The molecular weight excluding hydrogens is 334 g/mol. The van der Waals surface area contributed by atoms with Gasteiger partial charge in [-0.1, -0.05) is 39.0 Å². The van der Waals surface area contributed by atoms with Crippen molar-refractivity contribution in [2.45, 2.75) is 47.0 Å². The molecule has 3 rings (SSSR count). The van der Waals surface area contributed by atoms with E-state index < -0.39 is 0 Å². The van der Waals surface area contributed by atoms with Crippen molar-refractivity contribution in [3.8, 4) is 6.07 Å². The second kappa shape index (κ2) is 7.31. The van der Waals surface area contributed by atoms with Crippen LogP contribution in [0.5, 0.6) is 0 Å². The van der Waals surface area contributed by atoms with Crippen molar-refractivity contribution in [2.24, 2.45) is 17.3 Å². The number of pyridine rings is 1. The standard InChI is InChI=1S/C23H29N3O/c1-15(13-24)14-26(5)22(27)21-17-8-6-7-9-19(17)25-20-11-10-16(12-18(20)21)23(2,3)4/h6-9,15-16H,10-12,14H2,1-5H3/t15-,16-/m1/s1. The fraction of sp³-hybridized carbons (Fsp3) is 0.522. The van der Waals surface area contributed by atoms with Crippen LogP contribution in [0.3, 0.4) is 0 Å². The van der Waals surface area contributed by atoms with E-state index in [1.165, 1.54) is 0 Å². The van der Waals surface area contributed by atoms with Crippen LogP contribution in [-0.4, -0.2) is 29.4 Å². The minimum atomic E-state index is -0.190. The van der Waals surface area contributed by atoms with Crippen molar-refractivity contribution in [3.05, 3.63) is 41.1 Å². The highest BCUT2D eigenvalue weighted by Crippen LogP contribution is 2.39. The molecule has 0 bridgehead atoms. The summed E-state index contributed by atoms with van der Waals surface area (Å²) in [7, 11) is 1.79. The maximum absolute atomic E-state index is 13.4. The zero-order valence-electron chi connectivity index (χ0n) is 17.0. The second-order valence-electron chi connectivity index (χ2n) is 8.95. The highest BCUT2D eigenvalue weighted by molar-refractivity contribution is 6.07. The van der Waals surface area contributed by atoms with Gasteiger partial charge in [0.15, 0.2) is 0 Å². The van der Waals surface area contributed by atoms with E-state index in [0.717, 1.165) is 47.0 Å². The SMILES string of the molecule is C[C@H](C#N)CN(C)C(=O)c1c2c(nc3ccccc13)CC[C@@H](C(C)(C)C)C2. The number of carbonyl (C=O) groups excluding carboxylic acids is 1. The number of aryl methyl sites for hydroxylation is 1. The third-order valence-electron chi connectivity index (χ3n) is 5.81. The number of hydrogen-bond acceptors (Lipinski definition) is 3. The maximum Gasteiger partial charge on any atom is 0.254 e. The monoisotopic (exact) mass is 363 g/mol. The summed E-state index contributed by atoms with van der Waals surface area (Å²) in [6, 6.07) is 10.1. The molecule has 2 atom stereocenters. The molecule has 0 N–H and O–H groups in total. The van der Waals surface area contributed by atoms with E-state index in [1.807, 2.05) is 31.2 Å². The van der Waals surface area contributed by atoms with Crippen molar-refractivity contribution in [1.29, 1.82) is 5.26 Å². The fourth-order valence-electron chi connectivity index (χ4n) is 4.10. The van der Waals surface area contributed by atoms with E-state index in [9.17, 15) is 4.79 Å². The number of nitrogens with zero attached hydrogens (tertiary/aromatic N) is 3. The fourth-order valence-corrected chi connectivity index (χ4v) is 4.10. The highest BCUT2D eigenvalue weighted by Gasteiger charge is 2.33. The van der Waals surface area contributed by atoms with Crippen LogP contribution in [0.15, 0.2) is 24.3 Å². The predicted molar refractivity (Wildman–Crippen MR) is 108 cm³/mol. The van der Waals surface area contributed by atoms with Gasteiger partial charge in [0.05, 0.1) is 23.1 Å². The van der Waals surface area contributed by atoms with E-state index in [0.29, 0.717) is 12.5 Å². The largest absolute Gasteiger partial charge is 0.340 e. The van der Waals surface area contributed by atoms with Gasteiger partial charge in [-0.15, -0.1) is 0 Å². The average Bonchev–Trinajstić information content (AvgIpc) is 2.64. The van der Waals surface area contributed by atoms with Gasteiger partial charge in [-0.25, -0.2) is 0 Å². The first-order valence-corrected chi connectivity index (χ1v) is 9.78. The Hall–Kier alpha value is -2.41. The molecule has 2 aromatic rings. The van der Waals surface area contributed by atoms with Crippen LogP contribution in [-0.2, 0) is 12.8 Å². The molecule has 1 amide bonds. The Morgan fingerprint density at radius 3 is 2.74 bits per heavy atom. The molecule has 0 unspecified atom stereocenters. The van der Waals surface area contributed by atoms with Crippen molar-refractivity contribution in [3.63, 3.8) is 0 Å². The molecule has 0 saturated carbocycles. The van der Waals surface area contributed by atoms with Crippen LogP contribution >= 0.6 is 0 Å². The number of fused-ring (bicyclic) bond motifs is 2. The lowest BCUT2D eigenvalue weighted by Gasteiger charge is -2.36. The number of rotatable bonds is 3. The van der Waals surface area contributed by atoms with Crippen molar-refractivity contribution < 1.29 is 4.79 Å². The lowest BCUT2D eigenvalue weighted by atomic mass is 9.70. The first kappa shape index (κ1) is 19.4. The molecule has 4 heteroatoms. The van der Waals surface area contributed by atoms with E-state index >= 15 is 0 Å². The first-order valence-electron chi connectivity index (χ1n) is 9.78. The molecule has 1 aromatic heterocycles. The van der Waals surface area contributed by atoms with Crippen molar-refractivity contribution >= 4 is 16.8 Å². The minimum Gasteiger partial charge on any atom is -0.340 e. The number of aromatic nitrogens is 1. The maximum atomic E-state index is 13.4. The summed E-state index contributed by atoms with van der Waals surface area (Å²) < 4.78 is 0. The van der Waals surface area contributed by atoms with Crippen LogP contribution in [0.25, 0.3) is 10.9 Å². The molecule has 1 aliphatic carbocycles. The highest BCUT2D eigenvalue weighted by atomic mass is 16.2. The summed E-state index contributed by atoms with van der Waals surface area (Å²) >= 11 is 0. The molecule has 4 nitrogen and oxygen atoms in total. The second-order valence-corrected chi connectivity index (χ2v) is 8.95. The van der Waals surface area contributed by atoms with Gasteiger partial charge in [0.1, 0.15) is 0 Å². The van der Waals surface area contributed by atoms with Crippen LogP contribution in [0.1, 0.15) is 55.7 Å². The normalized spacial score (nSPS) is 17.9. The average molecular weight is 364 g/mol. The summed E-state index contributed by atoms with van der Waals surface area (Å²) in [4.78, 5) is 20.0. The van der Waals surface area contributed by atoms with Crippen LogP contribution in [0.4, 0.5) is 0 Å². The number of hydrogen-bond donors (Lipinski definition) is 0. The van der Waals surface area contributed by atoms with Gasteiger partial charge >= 0.3 is 0 Å². The van der Waals surface area contributed by atoms with Crippen molar-refractivity contribution in [1.82, 2.24) is 9.88 Å². The van der Waals surface area contributed by atoms with Gasteiger partial charge in [0.25, 0.3) is 5.91 Å². The van der Waals surface area contributed by atoms with Gasteiger partial charge < -0.3 is 4.90 Å². The zero-order valence-corrected chi connectivity index (χ0v) is 17.0. The van der Waals surface area contributed by atoms with Crippen LogP contribution in [0, 0.1) is 28.6 Å². The summed E-state index contributed by atoms with van der Waals surface area (Å²) in [5, 5.41) is 10.0. The van der Waals surface area contributed by atoms with Crippen LogP contribution in [0.2, 0.25) is 0 Å². The molecule has 0 fully saturated rings. The Morgan fingerprint density at radius 1 is 1.37 bits per heavy atom. The third kappa shape index (κ3) is 3.83. The number of para-hydroxylation sites is 1. The number of amides is 1. The summed E-state index contributed by atoms with van der Waals surface area (Å²) in [6.45, 7) is 9.11. The Morgan fingerprint density at radius 2 is 2.07 bits per heavy atom. The van der Waals surface area contributed by atoms with E-state index in [-0.39, 0.29) is 17.2 Å². The molecule has 1 aliphatic rings. The summed E-state index contributed by atoms with van der Waals surface area (Å²) in [5.41, 5.74) is 4.05. The molecule has 27 heavy (non-hydrogen) atoms. The molecular formula is C23H29N3O. The summed E-state index contributed by atoms with van der Waals surface area (Å²) in [6.07, 6.45) is 2.91. The molecule has 0 spiro atoms. The lowest BCUT2D eigenvalue weighted by molar-refractivity contribution is 0.0784. The Kier molecular flexibility index (Phi) is 5.24. The topological polar surface area (TPSA) is 57.0 Å². The Balaban J connectivity index is 2.12. The molecule has 1 aromatic carbocycles. The predicted octanol–water partition coefficient (Wildman–Crippen LogP) is 4.62. The molecule has 0 saturated heterocycles. The lowest BCUT2D eigenvalue weighted by Crippen LogP contribution is -2.34. The van der Waals surface area contributed by atoms with E-state index in [2.05, 4.69) is 26.8 Å². The zero-order chi connectivity index (χ0) is 19.8. The van der Waals surface area contributed by atoms with Crippen LogP contribution < -0.4 is 0 Å². The van der Waals surface area contributed by atoms with Gasteiger partial charge in [-0.05, 0) is 49.1 Å². The molecule has 0 aliphatic heterocycles. The third-order valence-corrected chi connectivity index (χ3v) is 5.81. The quantitative estimate of drug-likeness (QED) is 0.799. The van der Waals surface area contributed by atoms with Gasteiger partial charge in [0, 0.05) is 24.7 Å². The molecule has 1 heterocycles. The van der Waals surface area contributed by atoms with E-state index in [1.54, 1.807) is 11.9 Å². The number of carbonyl (C=O) groups is 1. The minimum absolute atomic E-state index is 0.00140. The Bertz CT molecular complexity index is 904. The van der Waals surface area contributed by atoms with E-state index in [4.69, 9.17) is 10.2 Å². The summed E-state index contributed by atoms with van der Waals surface area (Å²) in [5.74, 6) is 0.342. The first-order chi connectivity index (χ1) is 12.7. The van der Waals surface area contributed by atoms with Crippen molar-refractivity contribution in [2.75, 3.05) is 13.6 Å². The molecule has 142 valence electrons. The number of benzene rings is 1.